The fourth-order valence-corrected chi connectivity index (χ4v) is 2.52. The van der Waals surface area contributed by atoms with E-state index in [1.165, 1.54) is 19.1 Å². The summed E-state index contributed by atoms with van der Waals surface area (Å²) in [6, 6.07) is 9.39. The minimum absolute atomic E-state index is 0.0943. The minimum Gasteiger partial charge on any atom is -0.454 e. The molecule has 8 heteroatoms. The smallest absolute Gasteiger partial charge is 0.340 e. The molecule has 1 N–H and O–H groups in total. The van der Waals surface area contributed by atoms with Crippen molar-refractivity contribution in [3.63, 3.8) is 0 Å². The van der Waals surface area contributed by atoms with E-state index in [1.54, 1.807) is 24.3 Å². The molecule has 1 heterocycles. The molecule has 0 fully saturated rings. The van der Waals surface area contributed by atoms with Crippen molar-refractivity contribution in [1.82, 2.24) is 0 Å². The number of fused-ring (bicyclic) bond motifs is 1. The lowest BCUT2D eigenvalue weighted by atomic mass is 10.2. The van der Waals surface area contributed by atoms with Gasteiger partial charge < -0.3 is 19.5 Å². The monoisotopic (exact) mass is 381 g/mol. The first-order valence-electron chi connectivity index (χ1n) is 7.30. The predicted octanol–water partition coefficient (Wildman–Crippen LogP) is 3.91. The molecule has 1 aliphatic heterocycles. The molecule has 0 bridgehead atoms. The van der Waals surface area contributed by atoms with Crippen LogP contribution in [0, 0.1) is 0 Å². The minimum atomic E-state index is -1.03. The van der Waals surface area contributed by atoms with Gasteiger partial charge in [-0.15, -0.1) is 0 Å². The number of halogens is 2. The van der Waals surface area contributed by atoms with Gasteiger partial charge in [0.05, 0.1) is 10.6 Å². The molecule has 1 aliphatic rings. The quantitative estimate of drug-likeness (QED) is 0.812. The van der Waals surface area contributed by atoms with Crippen LogP contribution in [0.2, 0.25) is 10.0 Å². The molecule has 2 aromatic carbocycles. The number of carbonyl (C=O) groups is 2. The topological polar surface area (TPSA) is 73.9 Å². The second-order valence-corrected chi connectivity index (χ2v) is 6.07. The summed E-state index contributed by atoms with van der Waals surface area (Å²) >= 11 is 11.8. The third kappa shape index (κ3) is 3.97. The van der Waals surface area contributed by atoms with Crippen LogP contribution in [-0.2, 0) is 9.53 Å². The lowest BCUT2D eigenvalue weighted by molar-refractivity contribution is -0.123. The van der Waals surface area contributed by atoms with Crippen LogP contribution in [0.1, 0.15) is 17.3 Å². The van der Waals surface area contributed by atoms with E-state index in [1.807, 2.05) is 0 Å². The Labute approximate surface area is 153 Å². The Morgan fingerprint density at radius 3 is 2.68 bits per heavy atom. The van der Waals surface area contributed by atoms with Gasteiger partial charge in [0.25, 0.3) is 5.91 Å². The maximum atomic E-state index is 12.2. The summed E-state index contributed by atoms with van der Waals surface area (Å²) in [5.41, 5.74) is 0.592. The van der Waals surface area contributed by atoms with Crippen molar-refractivity contribution in [2.75, 3.05) is 12.1 Å². The number of rotatable bonds is 4. The summed E-state index contributed by atoms with van der Waals surface area (Å²) in [6.45, 7) is 1.60. The number of anilines is 1. The fourth-order valence-electron chi connectivity index (χ4n) is 2.15. The molecule has 3 rings (SSSR count). The van der Waals surface area contributed by atoms with Crippen LogP contribution in [0.15, 0.2) is 36.4 Å². The normalized spacial score (nSPS) is 13.2. The van der Waals surface area contributed by atoms with E-state index in [-0.39, 0.29) is 17.4 Å². The highest BCUT2D eigenvalue weighted by molar-refractivity contribution is 6.35. The molecule has 0 saturated heterocycles. The first-order chi connectivity index (χ1) is 11.9. The fraction of sp³-hybridized carbons (Fsp3) is 0.176. The van der Waals surface area contributed by atoms with Crippen LogP contribution < -0.4 is 14.8 Å². The van der Waals surface area contributed by atoms with Gasteiger partial charge in [-0.25, -0.2) is 4.79 Å². The zero-order chi connectivity index (χ0) is 18.0. The number of nitrogens with one attached hydrogen (secondary N) is 1. The number of amides is 1. The summed E-state index contributed by atoms with van der Waals surface area (Å²) in [4.78, 5) is 24.4. The number of hydrogen-bond acceptors (Lipinski definition) is 5. The lowest BCUT2D eigenvalue weighted by Gasteiger charge is -2.14. The van der Waals surface area contributed by atoms with Gasteiger partial charge in [-0.2, -0.15) is 0 Å². The summed E-state index contributed by atoms with van der Waals surface area (Å²) in [6.07, 6.45) is -1.03. The maximum Gasteiger partial charge on any atom is 0.340 e. The van der Waals surface area contributed by atoms with Crippen molar-refractivity contribution in [3.8, 4) is 11.5 Å². The zero-order valence-corrected chi connectivity index (χ0v) is 14.6. The summed E-state index contributed by atoms with van der Waals surface area (Å²) < 4.78 is 15.6. The molecule has 1 amide bonds. The maximum absolute atomic E-state index is 12.2. The highest BCUT2D eigenvalue weighted by atomic mass is 35.5. The second kappa shape index (κ2) is 7.21. The molecule has 0 aromatic heterocycles. The summed E-state index contributed by atoms with van der Waals surface area (Å²) in [7, 11) is 0. The van der Waals surface area contributed by atoms with Gasteiger partial charge in [-0.1, -0.05) is 23.2 Å². The molecule has 0 aliphatic carbocycles. The molecular weight excluding hydrogens is 369 g/mol. The Hall–Kier alpha value is -2.44. The van der Waals surface area contributed by atoms with Gasteiger partial charge in [-0.3, -0.25) is 4.79 Å². The molecule has 25 heavy (non-hydrogen) atoms. The van der Waals surface area contributed by atoms with Crippen molar-refractivity contribution in [2.24, 2.45) is 0 Å². The summed E-state index contributed by atoms with van der Waals surface area (Å²) in [5.74, 6) is -0.0903. The largest absolute Gasteiger partial charge is 0.454 e. The number of esters is 1. The van der Waals surface area contributed by atoms with E-state index >= 15 is 0 Å². The highest BCUT2D eigenvalue weighted by Crippen LogP contribution is 2.34. The van der Waals surface area contributed by atoms with Crippen molar-refractivity contribution >= 4 is 40.8 Å². The predicted molar refractivity (Wildman–Crippen MR) is 92.5 cm³/mol. The van der Waals surface area contributed by atoms with E-state index in [2.05, 4.69) is 5.32 Å². The molecule has 2 aromatic rings. The van der Waals surface area contributed by atoms with Crippen LogP contribution in [-0.4, -0.2) is 24.8 Å². The number of benzene rings is 2. The lowest BCUT2D eigenvalue weighted by Crippen LogP contribution is -2.30. The van der Waals surface area contributed by atoms with Gasteiger partial charge in [0.1, 0.15) is 0 Å². The zero-order valence-electron chi connectivity index (χ0n) is 13.0. The van der Waals surface area contributed by atoms with Gasteiger partial charge in [0.2, 0.25) is 6.79 Å². The number of carbonyl (C=O) groups excluding carboxylic acids is 2. The SMILES string of the molecule is C[C@@H](OC(=O)c1cc(Cl)ccc1Cl)C(=O)Nc1ccc2c(c1)OCO2. The molecule has 0 saturated carbocycles. The second-order valence-electron chi connectivity index (χ2n) is 5.23. The number of ether oxygens (including phenoxy) is 3. The standard InChI is InChI=1S/C17H13Cl2NO5/c1-9(25-17(22)12-6-10(18)2-4-13(12)19)16(21)20-11-3-5-14-15(7-11)24-8-23-14/h2-7,9H,8H2,1H3,(H,20,21)/t9-/m1/s1. The molecule has 6 nitrogen and oxygen atoms in total. The average molecular weight is 382 g/mol. The van der Waals surface area contributed by atoms with Crippen LogP contribution in [0.3, 0.4) is 0 Å². The van der Waals surface area contributed by atoms with Crippen molar-refractivity contribution in [2.45, 2.75) is 13.0 Å². The van der Waals surface area contributed by atoms with Crippen molar-refractivity contribution < 1.29 is 23.8 Å². The van der Waals surface area contributed by atoms with Crippen LogP contribution >= 0.6 is 23.2 Å². The van der Waals surface area contributed by atoms with E-state index in [0.717, 1.165) is 0 Å². The molecule has 130 valence electrons. The Morgan fingerprint density at radius 1 is 1.12 bits per heavy atom. The van der Waals surface area contributed by atoms with Crippen LogP contribution in [0.5, 0.6) is 11.5 Å². The summed E-state index contributed by atoms with van der Waals surface area (Å²) in [5, 5.41) is 3.18. The molecule has 0 radical (unpaired) electrons. The van der Waals surface area contributed by atoms with E-state index < -0.39 is 18.0 Å². The Kier molecular flexibility index (Phi) is 5.01. The van der Waals surface area contributed by atoms with Crippen molar-refractivity contribution in [1.29, 1.82) is 0 Å². The van der Waals surface area contributed by atoms with E-state index in [4.69, 9.17) is 37.4 Å². The van der Waals surface area contributed by atoms with Gasteiger partial charge in [-0.05, 0) is 37.3 Å². The first-order valence-corrected chi connectivity index (χ1v) is 8.06. The highest BCUT2D eigenvalue weighted by Gasteiger charge is 2.22. The van der Waals surface area contributed by atoms with Gasteiger partial charge in [0.15, 0.2) is 17.6 Å². The van der Waals surface area contributed by atoms with E-state index in [9.17, 15) is 9.59 Å². The first kappa shape index (κ1) is 17.4. The molecule has 0 spiro atoms. The van der Waals surface area contributed by atoms with Crippen molar-refractivity contribution in [3.05, 3.63) is 52.0 Å². The Bertz CT molecular complexity index is 840. The third-order valence-electron chi connectivity index (χ3n) is 3.44. The molecule has 0 unspecified atom stereocenters. The Balaban J connectivity index is 1.64. The number of hydrogen-bond donors (Lipinski definition) is 1. The van der Waals surface area contributed by atoms with Crippen LogP contribution in [0.4, 0.5) is 5.69 Å². The third-order valence-corrected chi connectivity index (χ3v) is 4.01. The Morgan fingerprint density at radius 2 is 1.88 bits per heavy atom. The molecular formula is C17H13Cl2NO5. The van der Waals surface area contributed by atoms with Gasteiger partial charge >= 0.3 is 5.97 Å². The molecule has 1 atom stereocenters. The van der Waals surface area contributed by atoms with Crippen LogP contribution in [0.25, 0.3) is 0 Å². The van der Waals surface area contributed by atoms with Gasteiger partial charge in [0, 0.05) is 16.8 Å². The average Bonchev–Trinajstić information content (AvgIpc) is 3.04. The van der Waals surface area contributed by atoms with E-state index in [0.29, 0.717) is 22.2 Å².